The molecule has 0 radical (unpaired) electrons. The molecular weight excluding hydrogens is 204 g/mol. The van der Waals surface area contributed by atoms with Crippen molar-refractivity contribution < 1.29 is 0 Å². The summed E-state index contributed by atoms with van der Waals surface area (Å²) in [6, 6.07) is 9.29. The number of hydrogen-bond acceptors (Lipinski definition) is 0. The molecule has 0 heteroatoms. The molecule has 0 bridgehead atoms. The Kier molecular flexibility index (Phi) is 7.95. The van der Waals surface area contributed by atoms with Crippen molar-refractivity contribution in [2.24, 2.45) is 0 Å². The first-order valence-corrected chi connectivity index (χ1v) is 6.49. The second-order valence-corrected chi connectivity index (χ2v) is 4.83. The van der Waals surface area contributed by atoms with Crippen LogP contribution >= 0.6 is 0 Å². The van der Waals surface area contributed by atoms with Crippen molar-refractivity contribution in [2.75, 3.05) is 0 Å². The fourth-order valence-electron chi connectivity index (χ4n) is 2.73. The van der Waals surface area contributed by atoms with Crippen molar-refractivity contribution in [3.05, 3.63) is 35.4 Å². The van der Waals surface area contributed by atoms with E-state index in [1.807, 2.05) is 0 Å². The molecule has 1 fully saturated rings. The van der Waals surface area contributed by atoms with E-state index in [1.165, 1.54) is 50.5 Å². The first-order chi connectivity index (χ1) is 7.40. The van der Waals surface area contributed by atoms with Gasteiger partial charge in [0.05, 0.1) is 0 Å². The molecule has 1 aromatic rings. The topological polar surface area (TPSA) is 0 Å². The summed E-state index contributed by atoms with van der Waals surface area (Å²) in [5.41, 5.74) is 3.13. The van der Waals surface area contributed by atoms with Crippen LogP contribution in [0.25, 0.3) is 0 Å². The van der Waals surface area contributed by atoms with Gasteiger partial charge in [-0.3, -0.25) is 0 Å². The molecular formula is C17H30. The van der Waals surface area contributed by atoms with Gasteiger partial charge in [0.25, 0.3) is 0 Å². The van der Waals surface area contributed by atoms with Crippen LogP contribution in [0.4, 0.5) is 0 Å². The summed E-state index contributed by atoms with van der Waals surface area (Å²) < 4.78 is 0. The lowest BCUT2D eigenvalue weighted by molar-refractivity contribution is 0.443. The van der Waals surface area contributed by atoms with Crippen LogP contribution in [0.15, 0.2) is 24.3 Å². The van der Waals surface area contributed by atoms with Crippen LogP contribution in [0.5, 0.6) is 0 Å². The number of rotatable bonds is 3. The summed E-state index contributed by atoms with van der Waals surface area (Å²) in [6.07, 6.45) is 9.64. The summed E-state index contributed by atoms with van der Waals surface area (Å²) in [4.78, 5) is 0. The summed E-state index contributed by atoms with van der Waals surface area (Å²) in [7, 11) is 0. The Morgan fingerprint density at radius 3 is 2.41 bits per heavy atom. The average molecular weight is 234 g/mol. The predicted molar refractivity (Wildman–Crippen MR) is 79.7 cm³/mol. The van der Waals surface area contributed by atoms with E-state index in [0.29, 0.717) is 0 Å². The van der Waals surface area contributed by atoms with E-state index in [1.54, 1.807) is 5.56 Å². The second kappa shape index (κ2) is 8.33. The fourth-order valence-corrected chi connectivity index (χ4v) is 2.73. The highest BCUT2D eigenvalue weighted by molar-refractivity contribution is 5.26. The molecule has 0 saturated heterocycles. The van der Waals surface area contributed by atoms with Crippen molar-refractivity contribution in [2.45, 2.75) is 72.6 Å². The van der Waals surface area contributed by atoms with Gasteiger partial charge < -0.3 is 0 Å². The standard InChI is InChI=1S/C15H22.2CH4/c1-2-7-13-8-6-11-15(12-13)14-9-4-3-5-10-14;;/h6,8,11-12,14H,2-5,7,9-10H2,1H3;2*1H4. The van der Waals surface area contributed by atoms with Crippen LogP contribution in [0, 0.1) is 0 Å². The molecule has 1 aliphatic carbocycles. The minimum absolute atomic E-state index is 0. The van der Waals surface area contributed by atoms with Crippen molar-refractivity contribution in [1.82, 2.24) is 0 Å². The maximum absolute atomic E-state index is 2.44. The molecule has 1 saturated carbocycles. The van der Waals surface area contributed by atoms with E-state index in [0.717, 1.165) is 5.92 Å². The smallest absolute Gasteiger partial charge is 0.0162 e. The van der Waals surface area contributed by atoms with Crippen LogP contribution in [-0.2, 0) is 6.42 Å². The first-order valence-electron chi connectivity index (χ1n) is 6.49. The van der Waals surface area contributed by atoms with E-state index in [4.69, 9.17) is 0 Å². The molecule has 0 aromatic heterocycles. The second-order valence-electron chi connectivity index (χ2n) is 4.83. The van der Waals surface area contributed by atoms with Gasteiger partial charge in [0.15, 0.2) is 0 Å². The third kappa shape index (κ3) is 4.53. The van der Waals surface area contributed by atoms with Crippen LogP contribution in [0.3, 0.4) is 0 Å². The van der Waals surface area contributed by atoms with E-state index < -0.39 is 0 Å². The van der Waals surface area contributed by atoms with Gasteiger partial charge in [-0.05, 0) is 36.3 Å². The van der Waals surface area contributed by atoms with Crippen LogP contribution < -0.4 is 0 Å². The minimum atomic E-state index is 0. The van der Waals surface area contributed by atoms with Gasteiger partial charge in [-0.1, -0.05) is 71.7 Å². The predicted octanol–water partition coefficient (Wildman–Crippen LogP) is 5.96. The molecule has 1 aromatic carbocycles. The van der Waals surface area contributed by atoms with Gasteiger partial charge in [-0.2, -0.15) is 0 Å². The Balaban J connectivity index is 0.00000128. The quantitative estimate of drug-likeness (QED) is 0.605. The molecule has 0 aliphatic heterocycles. The van der Waals surface area contributed by atoms with Crippen LogP contribution in [0.1, 0.15) is 77.3 Å². The first kappa shape index (κ1) is 16.2. The Bertz CT molecular complexity index is 295. The molecule has 0 nitrogen and oxygen atoms in total. The largest absolute Gasteiger partial charge is 0.0776 e. The number of aryl methyl sites for hydroxylation is 1. The van der Waals surface area contributed by atoms with Crippen LogP contribution in [-0.4, -0.2) is 0 Å². The molecule has 0 heterocycles. The highest BCUT2D eigenvalue weighted by Crippen LogP contribution is 2.32. The maximum atomic E-state index is 2.44. The lowest BCUT2D eigenvalue weighted by atomic mass is 9.83. The van der Waals surface area contributed by atoms with Gasteiger partial charge >= 0.3 is 0 Å². The van der Waals surface area contributed by atoms with Crippen molar-refractivity contribution in [1.29, 1.82) is 0 Å². The maximum Gasteiger partial charge on any atom is -0.0162 e. The number of hydrogen-bond donors (Lipinski definition) is 0. The lowest BCUT2D eigenvalue weighted by Crippen LogP contribution is -2.04. The Hall–Kier alpha value is -0.780. The zero-order chi connectivity index (χ0) is 10.5. The molecule has 0 amide bonds. The normalized spacial score (nSPS) is 15.8. The summed E-state index contributed by atoms with van der Waals surface area (Å²) >= 11 is 0. The van der Waals surface area contributed by atoms with Gasteiger partial charge in [0.1, 0.15) is 0 Å². The minimum Gasteiger partial charge on any atom is -0.0776 e. The molecule has 2 rings (SSSR count). The van der Waals surface area contributed by atoms with Crippen LogP contribution in [0.2, 0.25) is 0 Å². The highest BCUT2D eigenvalue weighted by Gasteiger charge is 2.15. The summed E-state index contributed by atoms with van der Waals surface area (Å²) in [6.45, 7) is 2.26. The van der Waals surface area contributed by atoms with Gasteiger partial charge in [0.2, 0.25) is 0 Å². The zero-order valence-electron chi connectivity index (χ0n) is 9.84. The third-order valence-corrected chi connectivity index (χ3v) is 3.57. The van der Waals surface area contributed by atoms with E-state index in [9.17, 15) is 0 Å². The van der Waals surface area contributed by atoms with E-state index >= 15 is 0 Å². The number of benzene rings is 1. The van der Waals surface area contributed by atoms with E-state index in [-0.39, 0.29) is 14.9 Å². The summed E-state index contributed by atoms with van der Waals surface area (Å²) in [5, 5.41) is 0. The van der Waals surface area contributed by atoms with E-state index in [2.05, 4.69) is 31.2 Å². The average Bonchev–Trinajstić information content (AvgIpc) is 2.31. The monoisotopic (exact) mass is 234 g/mol. The molecule has 0 unspecified atom stereocenters. The molecule has 1 aliphatic rings. The third-order valence-electron chi connectivity index (χ3n) is 3.57. The highest BCUT2D eigenvalue weighted by atomic mass is 14.2. The molecule has 17 heavy (non-hydrogen) atoms. The SMILES string of the molecule is C.C.CCCc1cccc(C2CCCCC2)c1. The molecule has 0 spiro atoms. The van der Waals surface area contributed by atoms with Gasteiger partial charge in [-0.25, -0.2) is 0 Å². The van der Waals surface area contributed by atoms with Crippen molar-refractivity contribution in [3.63, 3.8) is 0 Å². The Morgan fingerprint density at radius 1 is 1.06 bits per heavy atom. The summed E-state index contributed by atoms with van der Waals surface area (Å²) in [5.74, 6) is 0.857. The lowest BCUT2D eigenvalue weighted by Gasteiger charge is -2.22. The van der Waals surface area contributed by atoms with Crippen molar-refractivity contribution >= 4 is 0 Å². The zero-order valence-corrected chi connectivity index (χ0v) is 9.84. The van der Waals surface area contributed by atoms with Gasteiger partial charge in [-0.15, -0.1) is 0 Å². The van der Waals surface area contributed by atoms with Gasteiger partial charge in [0, 0.05) is 0 Å². The fraction of sp³-hybridized carbons (Fsp3) is 0.647. The van der Waals surface area contributed by atoms with Crippen molar-refractivity contribution in [3.8, 4) is 0 Å². The Labute approximate surface area is 108 Å². The molecule has 0 N–H and O–H groups in total. The Morgan fingerprint density at radius 2 is 1.76 bits per heavy atom. The molecule has 0 atom stereocenters. The molecule has 98 valence electrons.